The van der Waals surface area contributed by atoms with Crippen molar-refractivity contribution in [2.45, 2.75) is 0 Å². The number of carboxylic acid groups (broad SMARTS) is 1. The summed E-state index contributed by atoms with van der Waals surface area (Å²) in [5.41, 5.74) is -0.0854. The molecule has 0 saturated carbocycles. The summed E-state index contributed by atoms with van der Waals surface area (Å²) in [5, 5.41) is 22.4. The zero-order valence-electron chi connectivity index (χ0n) is 8.56. The fourth-order valence-corrected chi connectivity index (χ4v) is 2.19. The summed E-state index contributed by atoms with van der Waals surface area (Å²) in [7, 11) is 0. The van der Waals surface area contributed by atoms with Crippen LogP contribution in [-0.4, -0.2) is 26.0 Å². The fraction of sp³-hybridized carbons (Fsp3) is 0. The predicted molar refractivity (Wildman–Crippen MR) is 69.9 cm³/mol. The summed E-state index contributed by atoms with van der Waals surface area (Å²) >= 11 is 15.2. The molecule has 5 nitrogen and oxygen atoms in total. The highest BCUT2D eigenvalue weighted by atomic mass is 79.9. The molecule has 18 heavy (non-hydrogen) atoms. The van der Waals surface area contributed by atoms with E-state index in [1.54, 1.807) is 12.1 Å². The Hall–Kier alpha value is -1.24. The lowest BCUT2D eigenvalue weighted by atomic mass is 10.3. The third-order valence-corrected chi connectivity index (χ3v) is 3.92. The lowest BCUT2D eigenvalue weighted by Crippen LogP contribution is -2.01. The Balaban J connectivity index is 2.60. The topological polar surface area (TPSA) is 75.3 Å². The molecule has 8 heteroatoms. The summed E-state index contributed by atoms with van der Waals surface area (Å²) in [6.07, 6.45) is 1.15. The minimum absolute atomic E-state index is 0.200. The highest BCUT2D eigenvalue weighted by Crippen LogP contribution is 2.35. The van der Waals surface area contributed by atoms with Gasteiger partial charge in [-0.2, -0.15) is 5.10 Å². The van der Waals surface area contributed by atoms with E-state index >= 15 is 0 Å². The Labute approximate surface area is 120 Å². The monoisotopic (exact) mass is 350 g/mol. The number of halogens is 3. The second kappa shape index (κ2) is 4.79. The zero-order chi connectivity index (χ0) is 13.4. The molecule has 0 atom stereocenters. The smallest absolute Gasteiger partial charge is 0.360 e. The van der Waals surface area contributed by atoms with Gasteiger partial charge >= 0.3 is 5.97 Å². The summed E-state index contributed by atoms with van der Waals surface area (Å²) < 4.78 is 1.76. The lowest BCUT2D eigenvalue weighted by molar-refractivity contribution is 0.0687. The van der Waals surface area contributed by atoms with Crippen molar-refractivity contribution in [3.05, 3.63) is 38.5 Å². The normalized spacial score (nSPS) is 10.6. The molecule has 1 aromatic carbocycles. The molecule has 94 valence electrons. The van der Waals surface area contributed by atoms with Crippen molar-refractivity contribution >= 4 is 45.1 Å². The van der Waals surface area contributed by atoms with Crippen LogP contribution in [-0.2, 0) is 0 Å². The Morgan fingerprint density at radius 2 is 2.00 bits per heavy atom. The minimum Gasteiger partial charge on any atom is -0.504 e. The van der Waals surface area contributed by atoms with E-state index in [9.17, 15) is 9.90 Å². The van der Waals surface area contributed by atoms with Crippen LogP contribution in [0.3, 0.4) is 0 Å². The van der Waals surface area contributed by atoms with Gasteiger partial charge in [-0.3, -0.25) is 0 Å². The van der Waals surface area contributed by atoms with Crippen LogP contribution in [0.4, 0.5) is 0 Å². The number of nitrogens with zero attached hydrogens (tertiary/aromatic N) is 2. The van der Waals surface area contributed by atoms with E-state index in [1.165, 1.54) is 0 Å². The van der Waals surface area contributed by atoms with Gasteiger partial charge in [-0.15, -0.1) is 0 Å². The van der Waals surface area contributed by atoms with Gasteiger partial charge in [0.25, 0.3) is 0 Å². The molecule has 0 aliphatic rings. The number of aromatic hydroxyl groups is 1. The summed E-state index contributed by atoms with van der Waals surface area (Å²) in [6.45, 7) is 0. The van der Waals surface area contributed by atoms with E-state index < -0.39 is 17.4 Å². The van der Waals surface area contributed by atoms with E-state index in [0.29, 0.717) is 10.2 Å². The molecular weight excluding hydrogens is 347 g/mol. The van der Waals surface area contributed by atoms with E-state index in [4.69, 9.17) is 28.3 Å². The maximum atomic E-state index is 10.8. The lowest BCUT2D eigenvalue weighted by Gasteiger charge is -2.06. The fourth-order valence-electron chi connectivity index (χ4n) is 1.33. The van der Waals surface area contributed by atoms with Gasteiger partial charge in [0, 0.05) is 4.47 Å². The van der Waals surface area contributed by atoms with Crippen LogP contribution in [0, 0.1) is 0 Å². The van der Waals surface area contributed by atoms with Gasteiger partial charge in [0.15, 0.2) is 5.75 Å². The van der Waals surface area contributed by atoms with Gasteiger partial charge < -0.3 is 10.2 Å². The van der Waals surface area contributed by atoms with Crippen LogP contribution in [0.1, 0.15) is 10.5 Å². The minimum atomic E-state index is -1.33. The Morgan fingerprint density at radius 1 is 1.33 bits per heavy atom. The van der Waals surface area contributed by atoms with Crippen molar-refractivity contribution < 1.29 is 15.0 Å². The molecule has 2 aromatic rings. The van der Waals surface area contributed by atoms with Crippen molar-refractivity contribution in [3.8, 4) is 11.4 Å². The van der Waals surface area contributed by atoms with E-state index in [1.807, 2.05) is 0 Å². The van der Waals surface area contributed by atoms with Crippen molar-refractivity contribution in [1.82, 2.24) is 9.78 Å². The van der Waals surface area contributed by atoms with Crippen LogP contribution in [0.15, 0.2) is 22.8 Å². The first-order chi connectivity index (χ1) is 8.41. The van der Waals surface area contributed by atoms with Gasteiger partial charge in [0.05, 0.1) is 21.9 Å². The van der Waals surface area contributed by atoms with E-state index in [2.05, 4.69) is 21.0 Å². The molecule has 0 aliphatic carbocycles. The van der Waals surface area contributed by atoms with Crippen molar-refractivity contribution in [2.75, 3.05) is 0 Å². The van der Waals surface area contributed by atoms with E-state index in [0.717, 1.165) is 10.9 Å². The summed E-state index contributed by atoms with van der Waals surface area (Å²) in [6, 6.07) is 3.24. The highest BCUT2D eigenvalue weighted by molar-refractivity contribution is 9.10. The first kappa shape index (κ1) is 13.2. The second-order valence-electron chi connectivity index (χ2n) is 3.31. The number of carboxylic acids is 1. The number of hydrogen-bond donors (Lipinski definition) is 2. The SMILES string of the molecule is O=C(O)c1nn(-c2ccc(Br)c(Cl)c2Cl)cc1O. The molecule has 0 radical (unpaired) electrons. The number of rotatable bonds is 2. The zero-order valence-corrected chi connectivity index (χ0v) is 11.7. The number of aromatic nitrogens is 2. The van der Waals surface area contributed by atoms with Gasteiger partial charge in [-0.1, -0.05) is 23.2 Å². The molecule has 0 unspecified atom stereocenters. The maximum absolute atomic E-state index is 10.8. The second-order valence-corrected chi connectivity index (χ2v) is 4.92. The number of carbonyl (C=O) groups is 1. The Morgan fingerprint density at radius 3 is 2.56 bits per heavy atom. The molecule has 1 heterocycles. The number of benzene rings is 1. The van der Waals surface area contributed by atoms with Gasteiger partial charge in [-0.05, 0) is 28.1 Å². The third kappa shape index (κ3) is 2.19. The van der Waals surface area contributed by atoms with E-state index in [-0.39, 0.29) is 10.0 Å². The van der Waals surface area contributed by atoms with Crippen LogP contribution in [0.25, 0.3) is 5.69 Å². The van der Waals surface area contributed by atoms with Crippen molar-refractivity contribution in [1.29, 1.82) is 0 Å². The third-order valence-electron chi connectivity index (χ3n) is 2.16. The molecular formula is C10H5BrCl2N2O3. The van der Waals surface area contributed by atoms with Crippen molar-refractivity contribution in [2.24, 2.45) is 0 Å². The molecule has 2 N–H and O–H groups in total. The molecule has 2 rings (SSSR count). The summed E-state index contributed by atoms with van der Waals surface area (Å²) in [5.74, 6) is -1.77. The molecule has 0 bridgehead atoms. The van der Waals surface area contributed by atoms with Gasteiger partial charge in [0.2, 0.25) is 5.69 Å². The Kier molecular flexibility index (Phi) is 3.52. The maximum Gasteiger partial charge on any atom is 0.360 e. The Bertz CT molecular complexity index is 642. The van der Waals surface area contributed by atoms with Crippen LogP contribution in [0.2, 0.25) is 10.0 Å². The van der Waals surface area contributed by atoms with Gasteiger partial charge in [-0.25, -0.2) is 9.48 Å². The predicted octanol–water partition coefficient (Wildman–Crippen LogP) is 3.35. The molecule has 1 aromatic heterocycles. The molecule has 0 amide bonds. The molecule has 0 fully saturated rings. The van der Waals surface area contributed by atoms with Crippen molar-refractivity contribution in [3.63, 3.8) is 0 Å². The standard InChI is InChI=1S/C10H5BrCl2N2O3/c11-4-1-2-5(8(13)7(4)12)15-3-6(16)9(14-15)10(17)18/h1-3,16H,(H,17,18). The van der Waals surface area contributed by atoms with Crippen LogP contribution >= 0.6 is 39.1 Å². The number of hydrogen-bond acceptors (Lipinski definition) is 3. The molecule has 0 saturated heterocycles. The molecule has 0 aliphatic heterocycles. The number of aromatic carboxylic acids is 1. The average molecular weight is 352 g/mol. The molecule has 0 spiro atoms. The van der Waals surface area contributed by atoms with Gasteiger partial charge in [0.1, 0.15) is 0 Å². The quantitative estimate of drug-likeness (QED) is 0.813. The average Bonchev–Trinajstić information content (AvgIpc) is 2.68. The largest absolute Gasteiger partial charge is 0.504 e. The first-order valence-corrected chi connectivity index (χ1v) is 6.12. The van der Waals surface area contributed by atoms with Crippen LogP contribution in [0.5, 0.6) is 5.75 Å². The van der Waals surface area contributed by atoms with Crippen LogP contribution < -0.4 is 0 Å². The highest BCUT2D eigenvalue weighted by Gasteiger charge is 2.18. The first-order valence-electron chi connectivity index (χ1n) is 4.57. The summed E-state index contributed by atoms with van der Waals surface area (Å²) in [4.78, 5) is 10.8.